The highest BCUT2D eigenvalue weighted by atomic mass is 16.5. The first-order valence-electron chi connectivity index (χ1n) is 3.45. The quantitative estimate of drug-likeness (QED) is 0.577. The highest BCUT2D eigenvalue weighted by Gasteiger charge is 2.12. The van der Waals surface area contributed by atoms with E-state index in [-0.39, 0.29) is 6.35 Å². The van der Waals surface area contributed by atoms with Gasteiger partial charge in [0.2, 0.25) is 0 Å². The zero-order valence-electron chi connectivity index (χ0n) is 5.76. The van der Waals surface area contributed by atoms with Gasteiger partial charge in [-0.15, -0.1) is 0 Å². The van der Waals surface area contributed by atoms with Crippen LogP contribution in [0.3, 0.4) is 0 Å². The zero-order valence-corrected chi connectivity index (χ0v) is 5.76. The number of nitrogens with zero attached hydrogens (tertiary/aromatic N) is 1. The standard InChI is InChI=1S/C6H13N2O/c1-2-5-9-6-7-3-4-8-6/h6-7H,2-5H2,1H3. The number of rotatable bonds is 3. The van der Waals surface area contributed by atoms with Gasteiger partial charge in [-0.05, 0) is 6.42 Å². The Hall–Kier alpha value is -0.120. The molecule has 1 radical (unpaired) electrons. The summed E-state index contributed by atoms with van der Waals surface area (Å²) in [6.45, 7) is 4.76. The van der Waals surface area contributed by atoms with Crippen LogP contribution in [-0.4, -0.2) is 26.0 Å². The van der Waals surface area contributed by atoms with E-state index in [0.717, 1.165) is 26.1 Å². The summed E-state index contributed by atoms with van der Waals surface area (Å²) in [4.78, 5) is 0. The van der Waals surface area contributed by atoms with Crippen LogP contribution in [0, 0.1) is 0 Å². The van der Waals surface area contributed by atoms with Crippen LogP contribution < -0.4 is 10.6 Å². The Kier molecular flexibility index (Phi) is 2.97. The molecule has 0 saturated carbocycles. The number of ether oxygens (including phenoxy) is 1. The summed E-state index contributed by atoms with van der Waals surface area (Å²) < 4.78 is 5.27. The second kappa shape index (κ2) is 3.82. The molecule has 9 heavy (non-hydrogen) atoms. The Bertz CT molecular complexity index is 71.5. The molecule has 0 amide bonds. The van der Waals surface area contributed by atoms with Crippen molar-refractivity contribution in [3.63, 3.8) is 0 Å². The van der Waals surface area contributed by atoms with Gasteiger partial charge in [0.25, 0.3) is 0 Å². The fraction of sp³-hybridized carbons (Fsp3) is 1.00. The molecule has 1 saturated heterocycles. The molecule has 3 nitrogen and oxygen atoms in total. The van der Waals surface area contributed by atoms with E-state index in [4.69, 9.17) is 4.74 Å². The molecular formula is C6H13N2O. The lowest BCUT2D eigenvalue weighted by Crippen LogP contribution is -2.30. The highest BCUT2D eigenvalue weighted by Crippen LogP contribution is 1.91. The Morgan fingerprint density at radius 3 is 3.22 bits per heavy atom. The van der Waals surface area contributed by atoms with Gasteiger partial charge in [0.1, 0.15) is 0 Å². The lowest BCUT2D eigenvalue weighted by Gasteiger charge is -2.08. The first-order chi connectivity index (χ1) is 4.43. The number of hydrogen-bond donors (Lipinski definition) is 1. The minimum atomic E-state index is -0.00931. The molecule has 1 N–H and O–H groups in total. The molecule has 1 atom stereocenters. The maximum absolute atomic E-state index is 5.27. The minimum Gasteiger partial charge on any atom is -0.349 e. The summed E-state index contributed by atoms with van der Waals surface area (Å²) in [6.07, 6.45) is 1.05. The van der Waals surface area contributed by atoms with E-state index in [1.54, 1.807) is 0 Å². The number of hydrogen-bond acceptors (Lipinski definition) is 2. The van der Waals surface area contributed by atoms with Gasteiger partial charge in [-0.25, -0.2) is 0 Å². The van der Waals surface area contributed by atoms with E-state index < -0.39 is 0 Å². The Morgan fingerprint density at radius 2 is 2.67 bits per heavy atom. The van der Waals surface area contributed by atoms with Crippen molar-refractivity contribution in [1.82, 2.24) is 10.6 Å². The van der Waals surface area contributed by atoms with E-state index in [2.05, 4.69) is 17.6 Å². The van der Waals surface area contributed by atoms with Gasteiger partial charge in [0.05, 0.1) is 0 Å². The first kappa shape index (κ1) is 6.99. The van der Waals surface area contributed by atoms with E-state index in [0.29, 0.717) is 0 Å². The molecular weight excluding hydrogens is 116 g/mol. The Labute approximate surface area is 55.8 Å². The summed E-state index contributed by atoms with van der Waals surface area (Å²) in [5, 5.41) is 7.24. The molecule has 0 spiro atoms. The van der Waals surface area contributed by atoms with Gasteiger partial charge in [-0.2, -0.15) is 5.32 Å². The summed E-state index contributed by atoms with van der Waals surface area (Å²) in [6, 6.07) is 0. The topological polar surface area (TPSA) is 35.4 Å². The van der Waals surface area contributed by atoms with Gasteiger partial charge >= 0.3 is 0 Å². The maximum atomic E-state index is 5.27. The summed E-state index contributed by atoms with van der Waals surface area (Å²) in [5.41, 5.74) is 0. The molecule has 1 heterocycles. The highest BCUT2D eigenvalue weighted by molar-refractivity contribution is 4.62. The van der Waals surface area contributed by atoms with Crippen LogP contribution in [0.15, 0.2) is 0 Å². The minimum absolute atomic E-state index is 0.00931. The third-order valence-electron chi connectivity index (χ3n) is 1.21. The van der Waals surface area contributed by atoms with Crippen molar-refractivity contribution in [2.75, 3.05) is 19.7 Å². The largest absolute Gasteiger partial charge is 0.349 e. The summed E-state index contributed by atoms with van der Waals surface area (Å²) in [7, 11) is 0. The molecule has 0 aromatic carbocycles. The monoisotopic (exact) mass is 129 g/mol. The first-order valence-corrected chi connectivity index (χ1v) is 3.45. The SMILES string of the molecule is CCCOC1[N]CCN1. The lowest BCUT2D eigenvalue weighted by molar-refractivity contribution is 0.0267. The van der Waals surface area contributed by atoms with E-state index in [9.17, 15) is 0 Å². The second-order valence-corrected chi connectivity index (χ2v) is 2.08. The van der Waals surface area contributed by atoms with Crippen LogP contribution in [-0.2, 0) is 4.74 Å². The average molecular weight is 129 g/mol. The van der Waals surface area contributed by atoms with Crippen LogP contribution >= 0.6 is 0 Å². The molecule has 1 rings (SSSR count). The van der Waals surface area contributed by atoms with Crippen molar-refractivity contribution < 1.29 is 4.74 Å². The van der Waals surface area contributed by atoms with E-state index in [1.165, 1.54) is 0 Å². The van der Waals surface area contributed by atoms with Gasteiger partial charge in [0.15, 0.2) is 6.35 Å². The van der Waals surface area contributed by atoms with Crippen LogP contribution in [0.25, 0.3) is 0 Å². The normalized spacial score (nSPS) is 21.0. The van der Waals surface area contributed by atoms with Crippen LogP contribution in [0.2, 0.25) is 0 Å². The van der Waals surface area contributed by atoms with Crippen molar-refractivity contribution in [1.29, 1.82) is 0 Å². The predicted octanol–water partition coefficient (Wildman–Crippen LogP) is -0.0958. The Balaban J connectivity index is 1.98. The van der Waals surface area contributed by atoms with Crippen LogP contribution in [0.4, 0.5) is 0 Å². The number of nitrogens with one attached hydrogen (secondary N) is 1. The van der Waals surface area contributed by atoms with Gasteiger partial charge in [-0.3, -0.25) is 5.32 Å². The molecule has 1 aliphatic rings. The molecule has 3 heteroatoms. The van der Waals surface area contributed by atoms with Crippen molar-refractivity contribution in [3.05, 3.63) is 0 Å². The van der Waals surface area contributed by atoms with Crippen molar-refractivity contribution in [2.24, 2.45) is 0 Å². The third kappa shape index (κ3) is 2.30. The lowest BCUT2D eigenvalue weighted by atomic mass is 10.5. The molecule has 0 aliphatic carbocycles. The fourth-order valence-electron chi connectivity index (χ4n) is 0.775. The average Bonchev–Trinajstić information content (AvgIpc) is 2.34. The second-order valence-electron chi connectivity index (χ2n) is 2.08. The summed E-state index contributed by atoms with van der Waals surface area (Å²) >= 11 is 0. The third-order valence-corrected chi connectivity index (χ3v) is 1.21. The zero-order chi connectivity index (χ0) is 6.53. The Morgan fingerprint density at radius 1 is 1.78 bits per heavy atom. The molecule has 0 aromatic heterocycles. The predicted molar refractivity (Wildman–Crippen MR) is 35.0 cm³/mol. The van der Waals surface area contributed by atoms with Crippen molar-refractivity contribution >= 4 is 0 Å². The van der Waals surface area contributed by atoms with Crippen LogP contribution in [0.5, 0.6) is 0 Å². The van der Waals surface area contributed by atoms with Crippen molar-refractivity contribution in [2.45, 2.75) is 19.7 Å². The van der Waals surface area contributed by atoms with Crippen molar-refractivity contribution in [3.8, 4) is 0 Å². The molecule has 53 valence electrons. The molecule has 1 aliphatic heterocycles. The molecule has 0 aromatic rings. The maximum Gasteiger partial charge on any atom is 0.178 e. The smallest absolute Gasteiger partial charge is 0.178 e. The fourth-order valence-corrected chi connectivity index (χ4v) is 0.775. The van der Waals surface area contributed by atoms with Crippen LogP contribution in [0.1, 0.15) is 13.3 Å². The summed E-state index contributed by atoms with van der Waals surface area (Å²) in [5.74, 6) is 0. The van der Waals surface area contributed by atoms with E-state index >= 15 is 0 Å². The van der Waals surface area contributed by atoms with Gasteiger partial charge < -0.3 is 4.74 Å². The molecule has 1 fully saturated rings. The van der Waals surface area contributed by atoms with Gasteiger partial charge in [-0.1, -0.05) is 6.92 Å². The molecule has 0 bridgehead atoms. The van der Waals surface area contributed by atoms with Gasteiger partial charge in [0, 0.05) is 19.7 Å². The molecule has 1 unspecified atom stereocenters. The van der Waals surface area contributed by atoms with E-state index in [1.807, 2.05) is 0 Å².